The fourth-order valence-electron chi connectivity index (χ4n) is 2.50. The first-order valence-electron chi connectivity index (χ1n) is 7.26. The van der Waals surface area contributed by atoms with Crippen LogP contribution in [-0.2, 0) is 0 Å². The monoisotopic (exact) mass is 276 g/mol. The molecule has 5 heteroatoms. The molecule has 0 radical (unpaired) electrons. The van der Waals surface area contributed by atoms with Crippen molar-refractivity contribution in [1.29, 1.82) is 0 Å². The lowest BCUT2D eigenvalue weighted by Crippen LogP contribution is -2.49. The van der Waals surface area contributed by atoms with Gasteiger partial charge in [0.15, 0.2) is 0 Å². The Morgan fingerprint density at radius 1 is 1.30 bits per heavy atom. The summed E-state index contributed by atoms with van der Waals surface area (Å²) in [6.07, 6.45) is 0. The third-order valence-corrected chi connectivity index (χ3v) is 3.51. The van der Waals surface area contributed by atoms with Crippen LogP contribution in [0.25, 0.3) is 0 Å². The SMILES string of the molecule is CNc1cccc(C(=O)N2CCN(CC(C)C)CC2)n1. The number of amides is 1. The van der Waals surface area contributed by atoms with Crippen LogP contribution in [0.2, 0.25) is 0 Å². The summed E-state index contributed by atoms with van der Waals surface area (Å²) in [6.45, 7) is 9.05. The summed E-state index contributed by atoms with van der Waals surface area (Å²) >= 11 is 0. The third kappa shape index (κ3) is 3.70. The quantitative estimate of drug-likeness (QED) is 0.906. The van der Waals surface area contributed by atoms with Gasteiger partial charge < -0.3 is 10.2 Å². The molecule has 1 saturated heterocycles. The van der Waals surface area contributed by atoms with Crippen molar-refractivity contribution in [2.24, 2.45) is 5.92 Å². The van der Waals surface area contributed by atoms with Crippen LogP contribution in [0, 0.1) is 5.92 Å². The molecule has 1 amide bonds. The molecule has 1 N–H and O–H groups in total. The third-order valence-electron chi connectivity index (χ3n) is 3.51. The van der Waals surface area contributed by atoms with E-state index in [2.05, 4.69) is 29.0 Å². The van der Waals surface area contributed by atoms with Crippen molar-refractivity contribution in [3.63, 3.8) is 0 Å². The van der Waals surface area contributed by atoms with Crippen LogP contribution in [0.4, 0.5) is 5.82 Å². The molecule has 0 saturated carbocycles. The normalized spacial score (nSPS) is 16.5. The van der Waals surface area contributed by atoms with Gasteiger partial charge in [0.2, 0.25) is 0 Å². The molecule has 0 aromatic carbocycles. The van der Waals surface area contributed by atoms with Gasteiger partial charge in [-0.3, -0.25) is 9.69 Å². The number of nitrogens with zero attached hydrogens (tertiary/aromatic N) is 3. The van der Waals surface area contributed by atoms with E-state index in [0.29, 0.717) is 11.6 Å². The number of pyridine rings is 1. The molecule has 1 aromatic rings. The Kier molecular flexibility index (Phi) is 4.95. The molecule has 5 nitrogen and oxygen atoms in total. The Labute approximate surface area is 121 Å². The van der Waals surface area contributed by atoms with Crippen LogP contribution in [0.15, 0.2) is 18.2 Å². The first kappa shape index (κ1) is 14.8. The van der Waals surface area contributed by atoms with Crippen molar-refractivity contribution < 1.29 is 4.79 Å². The van der Waals surface area contributed by atoms with Gasteiger partial charge in [-0.1, -0.05) is 19.9 Å². The number of carbonyl (C=O) groups is 1. The summed E-state index contributed by atoms with van der Waals surface area (Å²) in [7, 11) is 1.81. The number of anilines is 1. The molecule has 2 rings (SSSR count). The molecule has 0 bridgehead atoms. The number of aromatic nitrogens is 1. The first-order valence-corrected chi connectivity index (χ1v) is 7.26. The number of carbonyl (C=O) groups excluding carboxylic acids is 1. The average Bonchev–Trinajstić information content (AvgIpc) is 2.47. The van der Waals surface area contributed by atoms with E-state index < -0.39 is 0 Å². The van der Waals surface area contributed by atoms with Crippen LogP contribution >= 0.6 is 0 Å². The van der Waals surface area contributed by atoms with E-state index in [-0.39, 0.29) is 5.91 Å². The van der Waals surface area contributed by atoms with Gasteiger partial charge in [0.05, 0.1) is 0 Å². The minimum atomic E-state index is 0.0336. The zero-order valence-electron chi connectivity index (χ0n) is 12.6. The molecule has 1 aliphatic heterocycles. The Bertz CT molecular complexity index is 453. The molecule has 20 heavy (non-hydrogen) atoms. The molecule has 0 atom stereocenters. The lowest BCUT2D eigenvalue weighted by atomic mass is 10.2. The van der Waals surface area contributed by atoms with Gasteiger partial charge in [-0.05, 0) is 18.1 Å². The number of piperazine rings is 1. The summed E-state index contributed by atoms with van der Waals surface area (Å²) < 4.78 is 0. The van der Waals surface area contributed by atoms with Gasteiger partial charge in [0.25, 0.3) is 5.91 Å². The summed E-state index contributed by atoms with van der Waals surface area (Å²) in [6, 6.07) is 5.50. The predicted octanol–water partition coefficient (Wildman–Crippen LogP) is 1.54. The molecule has 110 valence electrons. The second-order valence-electron chi connectivity index (χ2n) is 5.64. The van der Waals surface area contributed by atoms with Gasteiger partial charge >= 0.3 is 0 Å². The lowest BCUT2D eigenvalue weighted by Gasteiger charge is -2.35. The maximum absolute atomic E-state index is 12.4. The van der Waals surface area contributed by atoms with Crippen LogP contribution in [0.5, 0.6) is 0 Å². The van der Waals surface area contributed by atoms with Crippen LogP contribution in [-0.4, -0.2) is 60.5 Å². The zero-order chi connectivity index (χ0) is 14.5. The molecular weight excluding hydrogens is 252 g/mol. The zero-order valence-corrected chi connectivity index (χ0v) is 12.6. The van der Waals surface area contributed by atoms with E-state index in [0.717, 1.165) is 38.5 Å². The molecule has 1 aromatic heterocycles. The topological polar surface area (TPSA) is 48.5 Å². The second kappa shape index (κ2) is 6.70. The fourth-order valence-corrected chi connectivity index (χ4v) is 2.50. The minimum Gasteiger partial charge on any atom is -0.373 e. The summed E-state index contributed by atoms with van der Waals surface area (Å²) in [5.41, 5.74) is 0.522. The Morgan fingerprint density at radius 3 is 2.60 bits per heavy atom. The van der Waals surface area contributed by atoms with Gasteiger partial charge in [-0.2, -0.15) is 0 Å². The van der Waals surface area contributed by atoms with E-state index in [9.17, 15) is 4.79 Å². The number of hydrogen-bond donors (Lipinski definition) is 1. The Morgan fingerprint density at radius 2 is 2.00 bits per heavy atom. The molecule has 0 unspecified atom stereocenters. The van der Waals surface area contributed by atoms with Crippen molar-refractivity contribution in [3.05, 3.63) is 23.9 Å². The van der Waals surface area contributed by atoms with Crippen molar-refractivity contribution in [2.75, 3.05) is 45.1 Å². The highest BCUT2D eigenvalue weighted by Gasteiger charge is 2.23. The smallest absolute Gasteiger partial charge is 0.272 e. The molecule has 0 aliphatic carbocycles. The minimum absolute atomic E-state index is 0.0336. The van der Waals surface area contributed by atoms with Crippen LogP contribution in [0.1, 0.15) is 24.3 Å². The lowest BCUT2D eigenvalue weighted by molar-refractivity contribution is 0.0618. The second-order valence-corrected chi connectivity index (χ2v) is 5.64. The standard InChI is InChI=1S/C15H24N4O/c1-12(2)11-18-7-9-19(10-8-18)15(20)13-5-4-6-14(16-3)17-13/h4-6,12H,7-11H2,1-3H3,(H,16,17). The summed E-state index contributed by atoms with van der Waals surface area (Å²) in [5.74, 6) is 1.44. The largest absolute Gasteiger partial charge is 0.373 e. The van der Waals surface area contributed by atoms with Crippen molar-refractivity contribution >= 4 is 11.7 Å². The van der Waals surface area contributed by atoms with Gasteiger partial charge in [-0.15, -0.1) is 0 Å². The van der Waals surface area contributed by atoms with E-state index >= 15 is 0 Å². The Hall–Kier alpha value is -1.62. The van der Waals surface area contributed by atoms with Crippen LogP contribution < -0.4 is 5.32 Å². The predicted molar refractivity (Wildman–Crippen MR) is 81.0 cm³/mol. The van der Waals surface area contributed by atoms with E-state index in [4.69, 9.17) is 0 Å². The van der Waals surface area contributed by atoms with Crippen LogP contribution in [0.3, 0.4) is 0 Å². The van der Waals surface area contributed by atoms with Gasteiger partial charge in [-0.25, -0.2) is 4.98 Å². The summed E-state index contributed by atoms with van der Waals surface area (Å²) in [5, 5.41) is 2.96. The number of nitrogens with one attached hydrogen (secondary N) is 1. The molecule has 2 heterocycles. The van der Waals surface area contributed by atoms with Crippen molar-refractivity contribution in [2.45, 2.75) is 13.8 Å². The first-order chi connectivity index (χ1) is 9.60. The fraction of sp³-hybridized carbons (Fsp3) is 0.600. The number of rotatable bonds is 4. The molecule has 0 spiro atoms. The summed E-state index contributed by atoms with van der Waals surface area (Å²) in [4.78, 5) is 21.1. The van der Waals surface area contributed by atoms with Gasteiger partial charge in [0.1, 0.15) is 11.5 Å². The van der Waals surface area contributed by atoms with Crippen molar-refractivity contribution in [3.8, 4) is 0 Å². The van der Waals surface area contributed by atoms with E-state index in [1.807, 2.05) is 17.0 Å². The average molecular weight is 276 g/mol. The molecule has 1 aliphatic rings. The highest BCUT2D eigenvalue weighted by atomic mass is 16.2. The van der Waals surface area contributed by atoms with E-state index in [1.165, 1.54) is 0 Å². The maximum atomic E-state index is 12.4. The maximum Gasteiger partial charge on any atom is 0.272 e. The molecular formula is C15H24N4O. The van der Waals surface area contributed by atoms with Crippen molar-refractivity contribution in [1.82, 2.24) is 14.8 Å². The van der Waals surface area contributed by atoms with E-state index in [1.54, 1.807) is 13.1 Å². The highest BCUT2D eigenvalue weighted by molar-refractivity contribution is 5.92. The number of hydrogen-bond acceptors (Lipinski definition) is 4. The molecule has 1 fully saturated rings. The highest BCUT2D eigenvalue weighted by Crippen LogP contribution is 2.10. The van der Waals surface area contributed by atoms with Gasteiger partial charge in [0, 0.05) is 39.8 Å². The Balaban J connectivity index is 1.94.